The molecule has 1 aromatic rings. The minimum absolute atomic E-state index is 0.252. The summed E-state index contributed by atoms with van der Waals surface area (Å²) in [4.78, 5) is 11.8. The number of fused-ring (bicyclic) bond motifs is 5. The molecule has 0 spiro atoms. The molecule has 0 bridgehead atoms. The lowest BCUT2D eigenvalue weighted by Gasteiger charge is -2.57. The fourth-order valence-electron chi connectivity index (χ4n) is 9.70. The first-order chi connectivity index (χ1) is 15.9. The Balaban J connectivity index is 1.28. The number of nitroso groups, excluding NO2 is 1. The van der Waals surface area contributed by atoms with Crippen molar-refractivity contribution in [2.24, 2.45) is 52.0 Å². The molecule has 0 saturated heterocycles. The van der Waals surface area contributed by atoms with E-state index < -0.39 is 0 Å². The van der Waals surface area contributed by atoms with Crippen LogP contribution in [-0.4, -0.2) is 15.3 Å². The summed E-state index contributed by atoms with van der Waals surface area (Å²) in [5, 5.41) is 17.3. The maximum absolute atomic E-state index is 11.8. The lowest BCUT2D eigenvalue weighted by molar-refractivity contribution is -0.0771. The van der Waals surface area contributed by atoms with Crippen molar-refractivity contribution in [2.75, 3.05) is 0 Å². The number of rotatable bonds is 6. The minimum Gasteiger partial charge on any atom is -0.271 e. The predicted molar refractivity (Wildman–Crippen MR) is 130 cm³/mol. The van der Waals surface area contributed by atoms with Gasteiger partial charge in [0.15, 0.2) is 0 Å². The molecule has 4 fully saturated rings. The maximum atomic E-state index is 11.8. The zero-order valence-corrected chi connectivity index (χ0v) is 20.9. The lowest BCUT2D eigenvalue weighted by Crippen LogP contribution is -2.51. The SMILES string of the molecule is CCC[C@@]1(N=O)CCC2C(CCC3C2CCC2(C)C(C(C)Cn4cc(C#N)cn4)CCC32)C1. The second kappa shape index (κ2) is 8.82. The molecule has 1 aromatic heterocycles. The van der Waals surface area contributed by atoms with E-state index in [0.29, 0.717) is 16.9 Å². The predicted octanol–water partition coefficient (Wildman–Crippen LogP) is 6.96. The van der Waals surface area contributed by atoms with E-state index in [1.54, 1.807) is 6.20 Å². The molecule has 4 saturated carbocycles. The van der Waals surface area contributed by atoms with Gasteiger partial charge in [-0.2, -0.15) is 15.3 Å². The standard InChI is InChI=1S/C28H42N4O/c1-4-11-28(31-33)13-10-22-21(14-28)5-6-24-23(22)9-12-27(3)25(7-8-26(24)27)19(2)17-32-18-20(15-29)16-30-32/h16,18-19,21-26H,4-14,17H2,1-3H3/t19?,21?,22?,23?,24?,25?,26?,27?,28-/m1/s1. The molecule has 4 aliphatic rings. The molecule has 5 heteroatoms. The fourth-order valence-corrected chi connectivity index (χ4v) is 9.70. The highest BCUT2D eigenvalue weighted by Gasteiger charge is 2.58. The number of aromatic nitrogens is 2. The van der Waals surface area contributed by atoms with E-state index in [1.807, 2.05) is 10.9 Å². The Kier molecular flexibility index (Phi) is 6.17. The summed E-state index contributed by atoms with van der Waals surface area (Å²) in [6.07, 6.45) is 17.2. The third-order valence-corrected chi connectivity index (χ3v) is 11.0. The van der Waals surface area contributed by atoms with Crippen molar-refractivity contribution >= 4 is 0 Å². The number of nitriles is 1. The van der Waals surface area contributed by atoms with E-state index in [-0.39, 0.29) is 5.54 Å². The Morgan fingerprint density at radius 2 is 2.00 bits per heavy atom. The second-order valence-corrected chi connectivity index (χ2v) is 12.5. The molecule has 4 aliphatic carbocycles. The number of hydrogen-bond acceptors (Lipinski definition) is 4. The van der Waals surface area contributed by atoms with Crippen molar-refractivity contribution in [3.05, 3.63) is 22.9 Å². The minimum atomic E-state index is -0.252. The molecule has 0 aromatic carbocycles. The van der Waals surface area contributed by atoms with Crippen LogP contribution in [0.1, 0.15) is 97.0 Å². The first kappa shape index (κ1) is 23.1. The monoisotopic (exact) mass is 450 g/mol. The van der Waals surface area contributed by atoms with Crippen LogP contribution in [0.15, 0.2) is 17.6 Å². The van der Waals surface area contributed by atoms with Gasteiger partial charge in [-0.05, 0) is 111 Å². The summed E-state index contributed by atoms with van der Waals surface area (Å²) in [7, 11) is 0. The van der Waals surface area contributed by atoms with E-state index in [0.717, 1.165) is 67.7 Å². The lowest BCUT2D eigenvalue weighted by atomic mass is 9.48. The van der Waals surface area contributed by atoms with Crippen LogP contribution in [0.3, 0.4) is 0 Å². The maximum Gasteiger partial charge on any atom is 0.103 e. The van der Waals surface area contributed by atoms with E-state index in [1.165, 1.54) is 44.9 Å². The Labute approximate surface area is 199 Å². The van der Waals surface area contributed by atoms with Crippen molar-refractivity contribution in [2.45, 2.75) is 103 Å². The van der Waals surface area contributed by atoms with E-state index in [4.69, 9.17) is 5.26 Å². The van der Waals surface area contributed by atoms with Gasteiger partial charge < -0.3 is 0 Å². The van der Waals surface area contributed by atoms with Crippen LogP contribution in [0.4, 0.5) is 0 Å². The molecule has 0 amide bonds. The van der Waals surface area contributed by atoms with Crippen molar-refractivity contribution in [1.29, 1.82) is 5.26 Å². The topological polar surface area (TPSA) is 71.0 Å². The Morgan fingerprint density at radius 3 is 2.73 bits per heavy atom. The Bertz CT molecular complexity index is 904. The molecule has 8 unspecified atom stereocenters. The molecule has 5 nitrogen and oxygen atoms in total. The van der Waals surface area contributed by atoms with Gasteiger partial charge in [-0.1, -0.05) is 32.4 Å². The largest absolute Gasteiger partial charge is 0.271 e. The summed E-state index contributed by atoms with van der Waals surface area (Å²) in [5.41, 5.74) is 0.858. The normalized spacial score (nSPS) is 43.1. The summed E-state index contributed by atoms with van der Waals surface area (Å²) < 4.78 is 1.99. The molecule has 0 radical (unpaired) electrons. The highest BCUT2D eigenvalue weighted by atomic mass is 16.3. The van der Waals surface area contributed by atoms with Gasteiger partial charge in [0, 0.05) is 12.7 Å². The average molecular weight is 451 g/mol. The molecule has 33 heavy (non-hydrogen) atoms. The van der Waals surface area contributed by atoms with Crippen molar-refractivity contribution in [3.8, 4) is 6.07 Å². The zero-order chi connectivity index (χ0) is 23.2. The van der Waals surface area contributed by atoms with Gasteiger partial charge in [0.2, 0.25) is 0 Å². The van der Waals surface area contributed by atoms with Crippen LogP contribution < -0.4 is 0 Å². The fraction of sp³-hybridized carbons (Fsp3) is 0.857. The van der Waals surface area contributed by atoms with Gasteiger partial charge in [0.25, 0.3) is 0 Å². The van der Waals surface area contributed by atoms with Gasteiger partial charge in [0.05, 0.1) is 11.8 Å². The van der Waals surface area contributed by atoms with Crippen molar-refractivity contribution < 1.29 is 0 Å². The Hall–Kier alpha value is -1.70. The number of nitrogens with zero attached hydrogens (tertiary/aromatic N) is 4. The quantitative estimate of drug-likeness (QED) is 0.440. The van der Waals surface area contributed by atoms with E-state index >= 15 is 0 Å². The average Bonchev–Trinajstić information content (AvgIpc) is 3.42. The van der Waals surface area contributed by atoms with Crippen LogP contribution in [0.25, 0.3) is 0 Å². The Morgan fingerprint density at radius 1 is 1.18 bits per heavy atom. The highest BCUT2D eigenvalue weighted by molar-refractivity contribution is 5.21. The first-order valence-corrected chi connectivity index (χ1v) is 13.7. The van der Waals surface area contributed by atoms with Gasteiger partial charge in [-0.15, -0.1) is 0 Å². The van der Waals surface area contributed by atoms with Crippen molar-refractivity contribution in [3.63, 3.8) is 0 Å². The summed E-state index contributed by atoms with van der Waals surface area (Å²) in [6.45, 7) is 8.15. The third-order valence-electron chi connectivity index (χ3n) is 11.0. The van der Waals surface area contributed by atoms with Gasteiger partial charge in [0.1, 0.15) is 11.6 Å². The zero-order valence-electron chi connectivity index (χ0n) is 20.9. The van der Waals surface area contributed by atoms with Gasteiger partial charge in [-0.25, -0.2) is 0 Å². The number of hydrogen-bond donors (Lipinski definition) is 0. The van der Waals surface area contributed by atoms with Crippen LogP contribution >= 0.6 is 0 Å². The van der Waals surface area contributed by atoms with E-state index in [2.05, 4.69) is 37.1 Å². The van der Waals surface area contributed by atoms with Gasteiger partial charge >= 0.3 is 0 Å². The molecule has 9 atom stereocenters. The second-order valence-electron chi connectivity index (χ2n) is 12.5. The summed E-state index contributed by atoms with van der Waals surface area (Å²) in [5.74, 6) is 5.54. The van der Waals surface area contributed by atoms with Crippen LogP contribution in [-0.2, 0) is 6.54 Å². The molecule has 0 N–H and O–H groups in total. The molecule has 5 rings (SSSR count). The summed E-state index contributed by atoms with van der Waals surface area (Å²) in [6, 6.07) is 2.21. The van der Waals surface area contributed by atoms with Crippen LogP contribution in [0.2, 0.25) is 0 Å². The molecule has 0 aliphatic heterocycles. The van der Waals surface area contributed by atoms with E-state index in [9.17, 15) is 4.91 Å². The molecule has 180 valence electrons. The molecular weight excluding hydrogens is 408 g/mol. The van der Waals surface area contributed by atoms with Crippen LogP contribution in [0.5, 0.6) is 0 Å². The van der Waals surface area contributed by atoms with Gasteiger partial charge in [-0.3, -0.25) is 4.68 Å². The molecular formula is C28H42N4O. The third kappa shape index (κ3) is 3.86. The first-order valence-electron chi connectivity index (χ1n) is 13.7. The molecule has 1 heterocycles. The van der Waals surface area contributed by atoms with Crippen LogP contribution in [0, 0.1) is 63.1 Å². The van der Waals surface area contributed by atoms with Crippen molar-refractivity contribution in [1.82, 2.24) is 9.78 Å². The highest BCUT2D eigenvalue weighted by Crippen LogP contribution is 2.66. The smallest absolute Gasteiger partial charge is 0.103 e. The summed E-state index contributed by atoms with van der Waals surface area (Å²) >= 11 is 0.